The van der Waals surface area contributed by atoms with Gasteiger partial charge in [-0.2, -0.15) is 0 Å². The summed E-state index contributed by atoms with van der Waals surface area (Å²) in [6.07, 6.45) is 0. The Balaban J connectivity index is 2.35. The maximum Gasteiger partial charge on any atom is 0.258 e. The van der Waals surface area contributed by atoms with Crippen LogP contribution in [0.5, 0.6) is 0 Å². The molecule has 0 aliphatic rings. The van der Waals surface area contributed by atoms with Crippen LogP contribution in [0.15, 0.2) is 59.5 Å². The molecule has 0 bridgehead atoms. The van der Waals surface area contributed by atoms with Crippen molar-refractivity contribution in [3.63, 3.8) is 0 Å². The zero-order valence-electron chi connectivity index (χ0n) is 11.8. The summed E-state index contributed by atoms with van der Waals surface area (Å²) in [5, 5.41) is 0. The van der Waals surface area contributed by atoms with Crippen LogP contribution in [0, 0.1) is 0 Å². The van der Waals surface area contributed by atoms with E-state index in [1.54, 1.807) is 19.2 Å². The van der Waals surface area contributed by atoms with E-state index < -0.39 is 10.0 Å². The van der Waals surface area contributed by atoms with E-state index in [4.69, 9.17) is 0 Å². The molecule has 0 saturated carbocycles. The van der Waals surface area contributed by atoms with Crippen molar-refractivity contribution in [1.29, 1.82) is 0 Å². The number of benzene rings is 2. The smallest absolute Gasteiger partial charge is 0.258 e. The summed E-state index contributed by atoms with van der Waals surface area (Å²) in [6, 6.07) is 15.1. The number of nitrogens with one attached hydrogen (secondary N) is 1. The van der Waals surface area contributed by atoms with Crippen molar-refractivity contribution in [3.8, 4) is 0 Å². The average molecular weight is 304 g/mol. The number of hydrogen-bond acceptors (Lipinski definition) is 3. The zero-order chi connectivity index (χ0) is 15.5. The summed E-state index contributed by atoms with van der Waals surface area (Å²) < 4.78 is 25.8. The lowest BCUT2D eigenvalue weighted by Crippen LogP contribution is -2.26. The second-order valence-corrected chi connectivity index (χ2v) is 6.32. The van der Waals surface area contributed by atoms with Gasteiger partial charge in [0.2, 0.25) is 10.0 Å². The van der Waals surface area contributed by atoms with E-state index in [9.17, 15) is 13.2 Å². The molecular formula is C15H16N2O3S. The van der Waals surface area contributed by atoms with Gasteiger partial charge in [-0.1, -0.05) is 24.3 Å². The monoisotopic (exact) mass is 304 g/mol. The van der Waals surface area contributed by atoms with Crippen LogP contribution in [0.4, 0.5) is 5.69 Å². The SMILES string of the molecule is CNS(=O)(=O)c1cccc(C(=O)N(C)c2ccccc2)c1. The van der Waals surface area contributed by atoms with Crippen molar-refractivity contribution in [3.05, 3.63) is 60.2 Å². The average Bonchev–Trinajstić information content (AvgIpc) is 2.54. The van der Waals surface area contributed by atoms with E-state index in [0.29, 0.717) is 5.56 Å². The molecule has 0 unspecified atom stereocenters. The van der Waals surface area contributed by atoms with Crippen LogP contribution in [0.1, 0.15) is 10.4 Å². The number of hydrogen-bond donors (Lipinski definition) is 1. The fraction of sp³-hybridized carbons (Fsp3) is 0.133. The third-order valence-electron chi connectivity index (χ3n) is 3.11. The van der Waals surface area contributed by atoms with Gasteiger partial charge >= 0.3 is 0 Å². The first-order valence-corrected chi connectivity index (χ1v) is 7.81. The Morgan fingerprint density at radius 1 is 1.05 bits per heavy atom. The largest absolute Gasteiger partial charge is 0.311 e. The predicted octanol–water partition coefficient (Wildman–Crippen LogP) is 1.87. The lowest BCUT2D eigenvalue weighted by molar-refractivity contribution is 0.0993. The molecule has 5 nitrogen and oxygen atoms in total. The van der Waals surface area contributed by atoms with Gasteiger partial charge in [-0.15, -0.1) is 0 Å². The first kappa shape index (κ1) is 15.2. The summed E-state index contributed by atoms with van der Waals surface area (Å²) in [6.45, 7) is 0. The Labute approximate surface area is 124 Å². The molecule has 0 aromatic heterocycles. The number of para-hydroxylation sites is 1. The molecule has 2 aromatic carbocycles. The first-order valence-electron chi connectivity index (χ1n) is 6.32. The van der Waals surface area contributed by atoms with Gasteiger partial charge in [0.15, 0.2) is 0 Å². The fourth-order valence-electron chi connectivity index (χ4n) is 1.88. The highest BCUT2D eigenvalue weighted by Crippen LogP contribution is 2.17. The third kappa shape index (κ3) is 3.29. The van der Waals surface area contributed by atoms with Crippen LogP contribution in [0.3, 0.4) is 0 Å². The summed E-state index contributed by atoms with van der Waals surface area (Å²) in [4.78, 5) is 14.0. The van der Waals surface area contributed by atoms with Crippen molar-refractivity contribution in [2.45, 2.75) is 4.90 Å². The van der Waals surface area contributed by atoms with E-state index in [2.05, 4.69) is 4.72 Å². The van der Waals surface area contributed by atoms with Crippen LogP contribution in [0.25, 0.3) is 0 Å². The molecule has 21 heavy (non-hydrogen) atoms. The molecule has 0 saturated heterocycles. The van der Waals surface area contributed by atoms with E-state index in [-0.39, 0.29) is 10.8 Å². The van der Waals surface area contributed by atoms with Crippen LogP contribution >= 0.6 is 0 Å². The minimum absolute atomic E-state index is 0.0670. The zero-order valence-corrected chi connectivity index (χ0v) is 12.6. The second kappa shape index (κ2) is 6.07. The lowest BCUT2D eigenvalue weighted by atomic mass is 10.2. The van der Waals surface area contributed by atoms with Crippen molar-refractivity contribution < 1.29 is 13.2 Å². The second-order valence-electron chi connectivity index (χ2n) is 4.44. The number of carbonyl (C=O) groups excluding carboxylic acids is 1. The van der Waals surface area contributed by atoms with Gasteiger partial charge in [0.1, 0.15) is 0 Å². The Morgan fingerprint density at radius 3 is 2.33 bits per heavy atom. The Hall–Kier alpha value is -2.18. The van der Waals surface area contributed by atoms with Crippen molar-refractivity contribution in [1.82, 2.24) is 4.72 Å². The van der Waals surface area contributed by atoms with Crippen molar-refractivity contribution in [2.75, 3.05) is 19.0 Å². The van der Waals surface area contributed by atoms with E-state index >= 15 is 0 Å². The number of nitrogens with zero attached hydrogens (tertiary/aromatic N) is 1. The van der Waals surface area contributed by atoms with Gasteiger partial charge in [0.25, 0.3) is 5.91 Å². The molecule has 0 radical (unpaired) electrons. The summed E-state index contributed by atoms with van der Waals surface area (Å²) in [5.74, 6) is -0.269. The Morgan fingerprint density at radius 2 is 1.71 bits per heavy atom. The van der Waals surface area contributed by atoms with Crippen LogP contribution in [0.2, 0.25) is 0 Å². The minimum Gasteiger partial charge on any atom is -0.311 e. The normalized spacial score (nSPS) is 11.1. The molecule has 0 aliphatic heterocycles. The van der Waals surface area contributed by atoms with Gasteiger partial charge in [0, 0.05) is 18.3 Å². The Bertz CT molecular complexity index is 743. The quantitative estimate of drug-likeness (QED) is 0.937. The summed E-state index contributed by atoms with van der Waals surface area (Å²) in [5.41, 5.74) is 1.06. The molecule has 0 aliphatic carbocycles. The summed E-state index contributed by atoms with van der Waals surface area (Å²) in [7, 11) is -0.582. The minimum atomic E-state index is -3.57. The standard InChI is InChI=1S/C15H16N2O3S/c1-16-21(19,20)14-10-6-7-12(11-14)15(18)17(2)13-8-4-3-5-9-13/h3-11,16H,1-2H3. The molecule has 2 aromatic rings. The highest BCUT2D eigenvalue weighted by molar-refractivity contribution is 7.89. The number of amides is 1. The molecule has 1 amide bonds. The van der Waals surface area contributed by atoms with Gasteiger partial charge in [0.05, 0.1) is 4.90 Å². The first-order chi connectivity index (χ1) is 9.95. The van der Waals surface area contributed by atoms with Gasteiger partial charge in [-0.05, 0) is 37.4 Å². The molecule has 0 spiro atoms. The van der Waals surface area contributed by atoms with E-state index in [1.165, 1.54) is 24.1 Å². The van der Waals surface area contributed by atoms with Crippen LogP contribution < -0.4 is 9.62 Å². The van der Waals surface area contributed by atoms with Crippen LogP contribution in [-0.4, -0.2) is 28.4 Å². The van der Waals surface area contributed by atoms with Crippen molar-refractivity contribution >= 4 is 21.6 Å². The number of sulfonamides is 1. The number of carbonyl (C=O) groups is 1. The lowest BCUT2D eigenvalue weighted by Gasteiger charge is -2.17. The van der Waals surface area contributed by atoms with Crippen molar-refractivity contribution in [2.24, 2.45) is 0 Å². The Kier molecular flexibility index (Phi) is 4.40. The molecule has 6 heteroatoms. The molecule has 0 fully saturated rings. The number of rotatable bonds is 4. The number of anilines is 1. The predicted molar refractivity (Wildman–Crippen MR) is 81.9 cm³/mol. The van der Waals surface area contributed by atoms with Gasteiger partial charge < -0.3 is 4.90 Å². The molecule has 2 rings (SSSR count). The van der Waals surface area contributed by atoms with Gasteiger partial charge in [-0.25, -0.2) is 13.1 Å². The van der Waals surface area contributed by atoms with E-state index in [1.807, 2.05) is 30.3 Å². The molecule has 110 valence electrons. The third-order valence-corrected chi connectivity index (χ3v) is 4.52. The van der Waals surface area contributed by atoms with Gasteiger partial charge in [-0.3, -0.25) is 4.79 Å². The van der Waals surface area contributed by atoms with E-state index in [0.717, 1.165) is 5.69 Å². The molecule has 0 atom stereocenters. The fourth-order valence-corrected chi connectivity index (χ4v) is 2.65. The molecular weight excluding hydrogens is 288 g/mol. The molecule has 0 heterocycles. The maximum absolute atomic E-state index is 12.4. The molecule has 1 N–H and O–H groups in total. The highest BCUT2D eigenvalue weighted by Gasteiger charge is 2.17. The summed E-state index contributed by atoms with van der Waals surface area (Å²) >= 11 is 0. The van der Waals surface area contributed by atoms with Crippen LogP contribution in [-0.2, 0) is 10.0 Å². The highest BCUT2D eigenvalue weighted by atomic mass is 32.2. The topological polar surface area (TPSA) is 66.5 Å². The maximum atomic E-state index is 12.4.